The summed E-state index contributed by atoms with van der Waals surface area (Å²) in [7, 11) is 0. The van der Waals surface area contributed by atoms with Crippen LogP contribution in [0.5, 0.6) is 5.75 Å². The van der Waals surface area contributed by atoms with Gasteiger partial charge in [-0.15, -0.1) is 0 Å². The van der Waals surface area contributed by atoms with Gasteiger partial charge in [-0.2, -0.15) is 0 Å². The lowest BCUT2D eigenvalue weighted by molar-refractivity contribution is -0.138. The number of fused-ring (bicyclic) bond motifs is 1. The van der Waals surface area contributed by atoms with Crippen molar-refractivity contribution in [1.29, 1.82) is 0 Å². The molecule has 0 spiro atoms. The van der Waals surface area contributed by atoms with E-state index >= 15 is 0 Å². The van der Waals surface area contributed by atoms with Crippen molar-refractivity contribution in [1.82, 2.24) is 19.9 Å². The first kappa shape index (κ1) is 19.4. The summed E-state index contributed by atoms with van der Waals surface area (Å²) in [4.78, 5) is 37.6. The second-order valence-corrected chi connectivity index (χ2v) is 6.84. The van der Waals surface area contributed by atoms with Crippen molar-refractivity contribution < 1.29 is 14.6 Å². The van der Waals surface area contributed by atoms with Gasteiger partial charge in [0, 0.05) is 0 Å². The number of benzene rings is 2. The first-order valence-corrected chi connectivity index (χ1v) is 9.51. The van der Waals surface area contributed by atoms with Crippen LogP contribution in [0.15, 0.2) is 53.6 Å². The Labute approximate surface area is 171 Å². The molecule has 0 aliphatic rings. The van der Waals surface area contributed by atoms with E-state index in [0.29, 0.717) is 29.4 Å². The highest BCUT2D eigenvalue weighted by atomic mass is 16.5. The molecule has 0 aliphatic heterocycles. The summed E-state index contributed by atoms with van der Waals surface area (Å²) in [6.45, 7) is 3.97. The third-order valence-electron chi connectivity index (χ3n) is 4.92. The highest BCUT2D eigenvalue weighted by molar-refractivity contribution is 5.79. The number of nitrogens with zero attached hydrogens (tertiary/aromatic N) is 2. The number of aliphatic carboxylic acids is 1. The number of carboxylic acids is 1. The van der Waals surface area contributed by atoms with E-state index in [2.05, 4.69) is 19.9 Å². The number of carbonyl (C=O) groups is 1. The lowest BCUT2D eigenvalue weighted by Crippen LogP contribution is -2.10. The van der Waals surface area contributed by atoms with E-state index in [1.54, 1.807) is 13.0 Å². The summed E-state index contributed by atoms with van der Waals surface area (Å²) in [5.41, 5.74) is 3.42. The van der Waals surface area contributed by atoms with Crippen molar-refractivity contribution in [2.75, 3.05) is 6.61 Å². The molecule has 8 heteroatoms. The highest BCUT2D eigenvalue weighted by Gasteiger charge is 2.16. The third-order valence-corrected chi connectivity index (χ3v) is 4.92. The molecule has 3 N–H and O–H groups in total. The molecule has 2 heterocycles. The summed E-state index contributed by atoms with van der Waals surface area (Å²) >= 11 is 0. The van der Waals surface area contributed by atoms with Crippen molar-refractivity contribution in [2.24, 2.45) is 0 Å². The molecule has 4 aromatic rings. The molecular formula is C22H20N4O4. The van der Waals surface area contributed by atoms with Crippen LogP contribution in [0.1, 0.15) is 25.3 Å². The predicted octanol–water partition coefficient (Wildman–Crippen LogP) is 3.57. The average Bonchev–Trinajstić information content (AvgIpc) is 3.23. The van der Waals surface area contributed by atoms with Gasteiger partial charge in [0.25, 0.3) is 5.56 Å². The van der Waals surface area contributed by atoms with Gasteiger partial charge in [0.2, 0.25) is 0 Å². The van der Waals surface area contributed by atoms with Gasteiger partial charge in [-0.3, -0.25) is 9.59 Å². The molecule has 2 aromatic heterocycles. The van der Waals surface area contributed by atoms with Crippen LogP contribution in [0, 0.1) is 0 Å². The van der Waals surface area contributed by atoms with Gasteiger partial charge < -0.3 is 19.8 Å². The van der Waals surface area contributed by atoms with Crippen LogP contribution in [0.2, 0.25) is 0 Å². The van der Waals surface area contributed by atoms with E-state index in [0.717, 1.165) is 16.7 Å². The number of ether oxygens (including phenoxy) is 1. The molecule has 2 aromatic carbocycles. The number of nitrogens with one attached hydrogen (secondary N) is 2. The van der Waals surface area contributed by atoms with Crippen molar-refractivity contribution in [3.8, 4) is 28.3 Å². The smallest absolute Gasteiger partial charge is 0.310 e. The van der Waals surface area contributed by atoms with Crippen LogP contribution < -0.4 is 10.3 Å². The molecule has 0 amide bonds. The third kappa shape index (κ3) is 3.55. The zero-order valence-corrected chi connectivity index (χ0v) is 16.5. The fraction of sp³-hybridized carbons (Fsp3) is 0.182. The lowest BCUT2D eigenvalue weighted by atomic mass is 9.95. The predicted molar refractivity (Wildman–Crippen MR) is 113 cm³/mol. The Hall–Kier alpha value is -3.94. The van der Waals surface area contributed by atoms with Gasteiger partial charge in [0.1, 0.15) is 11.6 Å². The Bertz CT molecular complexity index is 1290. The van der Waals surface area contributed by atoms with Crippen molar-refractivity contribution in [3.63, 3.8) is 0 Å². The van der Waals surface area contributed by atoms with E-state index in [4.69, 9.17) is 4.74 Å². The summed E-state index contributed by atoms with van der Waals surface area (Å²) in [6.07, 6.45) is 1.42. The lowest BCUT2D eigenvalue weighted by Gasteiger charge is -2.13. The van der Waals surface area contributed by atoms with Crippen molar-refractivity contribution in [3.05, 3.63) is 64.7 Å². The number of carboxylic acid groups (broad SMARTS) is 1. The Balaban J connectivity index is 1.80. The van der Waals surface area contributed by atoms with Crippen LogP contribution in [0.4, 0.5) is 0 Å². The summed E-state index contributed by atoms with van der Waals surface area (Å²) in [6, 6.07) is 13.0. The standard InChI is InChI=1S/C22H20N4O4/c1-3-30-17-10-15(14-6-4-5-13(9-14)12(2)22(28)29)7-8-16(17)19-25-20-18(21(27)26-19)23-11-24-20/h4-12H,3H2,1-2H3,(H,28,29)(H2,23,24,25,26,27). The van der Waals surface area contributed by atoms with Crippen LogP contribution >= 0.6 is 0 Å². The maximum absolute atomic E-state index is 12.3. The number of aromatic nitrogens is 4. The number of hydrogen-bond acceptors (Lipinski definition) is 5. The Kier molecular flexibility index (Phi) is 5.05. The molecule has 0 radical (unpaired) electrons. The zero-order chi connectivity index (χ0) is 21.3. The van der Waals surface area contributed by atoms with Gasteiger partial charge in [-0.1, -0.05) is 30.3 Å². The highest BCUT2D eigenvalue weighted by Crippen LogP contribution is 2.33. The van der Waals surface area contributed by atoms with E-state index in [1.165, 1.54) is 6.33 Å². The molecular weight excluding hydrogens is 384 g/mol. The topological polar surface area (TPSA) is 121 Å². The molecule has 152 valence electrons. The average molecular weight is 404 g/mol. The number of imidazole rings is 1. The Morgan fingerprint density at radius 1 is 1.20 bits per heavy atom. The minimum Gasteiger partial charge on any atom is -0.493 e. The van der Waals surface area contributed by atoms with Crippen LogP contribution in [0.3, 0.4) is 0 Å². The van der Waals surface area contributed by atoms with E-state index in [-0.39, 0.29) is 11.1 Å². The molecule has 1 unspecified atom stereocenters. The summed E-state index contributed by atoms with van der Waals surface area (Å²) in [5, 5.41) is 9.29. The van der Waals surface area contributed by atoms with E-state index < -0.39 is 11.9 Å². The number of hydrogen-bond donors (Lipinski definition) is 3. The second-order valence-electron chi connectivity index (χ2n) is 6.84. The second kappa shape index (κ2) is 7.82. The van der Waals surface area contributed by atoms with E-state index in [9.17, 15) is 14.7 Å². The summed E-state index contributed by atoms with van der Waals surface area (Å²) < 4.78 is 5.82. The fourth-order valence-corrected chi connectivity index (χ4v) is 3.28. The molecule has 4 rings (SSSR count). The minimum absolute atomic E-state index is 0.248. The number of aromatic amines is 2. The zero-order valence-electron chi connectivity index (χ0n) is 16.5. The van der Waals surface area contributed by atoms with E-state index in [1.807, 2.05) is 43.3 Å². The molecule has 0 saturated carbocycles. The molecule has 0 fully saturated rings. The van der Waals surface area contributed by atoms with Crippen LogP contribution in [-0.2, 0) is 4.79 Å². The van der Waals surface area contributed by atoms with Crippen LogP contribution in [0.25, 0.3) is 33.7 Å². The number of rotatable bonds is 6. The van der Waals surface area contributed by atoms with Gasteiger partial charge in [0.05, 0.1) is 24.4 Å². The minimum atomic E-state index is -0.873. The molecule has 1 atom stereocenters. The van der Waals surface area contributed by atoms with Gasteiger partial charge in [-0.25, -0.2) is 9.97 Å². The molecule has 0 saturated heterocycles. The maximum Gasteiger partial charge on any atom is 0.310 e. The largest absolute Gasteiger partial charge is 0.493 e. The Morgan fingerprint density at radius 2 is 2.00 bits per heavy atom. The van der Waals surface area contributed by atoms with Gasteiger partial charge in [0.15, 0.2) is 11.2 Å². The molecule has 8 nitrogen and oxygen atoms in total. The maximum atomic E-state index is 12.3. The first-order chi connectivity index (χ1) is 14.5. The SMILES string of the molecule is CCOc1cc(-c2cccc(C(C)C(=O)O)c2)ccc1-c1nc2[nH]cnc2c(=O)[nH]1. The molecule has 0 aliphatic carbocycles. The van der Waals surface area contributed by atoms with Gasteiger partial charge >= 0.3 is 5.97 Å². The van der Waals surface area contributed by atoms with Gasteiger partial charge in [-0.05, 0) is 42.7 Å². The van der Waals surface area contributed by atoms with Crippen molar-refractivity contribution >= 4 is 17.1 Å². The Morgan fingerprint density at radius 3 is 2.77 bits per heavy atom. The van der Waals surface area contributed by atoms with Crippen LogP contribution in [-0.4, -0.2) is 37.6 Å². The first-order valence-electron chi connectivity index (χ1n) is 9.51. The summed E-state index contributed by atoms with van der Waals surface area (Å²) in [5.74, 6) is -0.540. The molecule has 30 heavy (non-hydrogen) atoms. The molecule has 0 bridgehead atoms. The monoisotopic (exact) mass is 404 g/mol. The fourth-order valence-electron chi connectivity index (χ4n) is 3.28. The van der Waals surface area contributed by atoms with Crippen molar-refractivity contribution in [2.45, 2.75) is 19.8 Å². The quantitative estimate of drug-likeness (QED) is 0.452. The number of H-pyrrole nitrogens is 2. The normalized spacial score (nSPS) is 12.1.